The normalized spacial score (nSPS) is 27.3. The van der Waals surface area contributed by atoms with Crippen molar-refractivity contribution in [1.82, 2.24) is 10.6 Å². The lowest BCUT2D eigenvalue weighted by Crippen LogP contribution is -2.69. The molecule has 2 aliphatic rings. The fourth-order valence-electron chi connectivity index (χ4n) is 4.30. The first-order chi connectivity index (χ1) is 11.9. The molecule has 0 radical (unpaired) electrons. The summed E-state index contributed by atoms with van der Waals surface area (Å²) in [6, 6.07) is 8.51. The van der Waals surface area contributed by atoms with Gasteiger partial charge in [0, 0.05) is 42.3 Å². The highest BCUT2D eigenvalue weighted by atomic mass is 16.5. The fourth-order valence-corrected chi connectivity index (χ4v) is 4.30. The number of fused-ring (bicyclic) bond motifs is 1. The van der Waals surface area contributed by atoms with Crippen LogP contribution in [0, 0.1) is 11.3 Å². The molecule has 3 atom stereocenters. The molecule has 0 bridgehead atoms. The Hall–Kier alpha value is -1.59. The quantitative estimate of drug-likeness (QED) is 0.765. The van der Waals surface area contributed by atoms with E-state index in [1.165, 1.54) is 18.4 Å². The van der Waals surface area contributed by atoms with E-state index < -0.39 is 0 Å². The maximum Gasteiger partial charge on any atom is 0.319 e. The molecule has 1 saturated carbocycles. The van der Waals surface area contributed by atoms with E-state index in [0.29, 0.717) is 18.1 Å². The molecule has 0 unspecified atom stereocenters. The second kappa shape index (κ2) is 7.34. The van der Waals surface area contributed by atoms with Crippen molar-refractivity contribution in [2.75, 3.05) is 11.9 Å². The van der Waals surface area contributed by atoms with Crippen molar-refractivity contribution in [2.45, 2.75) is 65.3 Å². The maximum absolute atomic E-state index is 11.7. The van der Waals surface area contributed by atoms with Crippen LogP contribution in [-0.4, -0.2) is 30.8 Å². The molecule has 5 heteroatoms. The predicted octanol–water partition coefficient (Wildman–Crippen LogP) is 3.51. The van der Waals surface area contributed by atoms with Crippen molar-refractivity contribution in [3.63, 3.8) is 0 Å². The van der Waals surface area contributed by atoms with Crippen LogP contribution in [0.1, 0.15) is 46.1 Å². The first-order valence-electron chi connectivity index (χ1n) is 9.39. The number of carbonyl (C=O) groups excluding carboxylic acids is 1. The van der Waals surface area contributed by atoms with Gasteiger partial charge in [-0.15, -0.1) is 0 Å². The van der Waals surface area contributed by atoms with Gasteiger partial charge in [-0.25, -0.2) is 4.79 Å². The topological polar surface area (TPSA) is 62.4 Å². The van der Waals surface area contributed by atoms with E-state index in [0.717, 1.165) is 18.8 Å². The first-order valence-corrected chi connectivity index (χ1v) is 9.39. The van der Waals surface area contributed by atoms with Gasteiger partial charge in [0.25, 0.3) is 0 Å². The van der Waals surface area contributed by atoms with Crippen molar-refractivity contribution in [1.29, 1.82) is 0 Å². The van der Waals surface area contributed by atoms with Crippen molar-refractivity contribution in [3.8, 4) is 0 Å². The molecule has 3 rings (SSSR count). The largest absolute Gasteiger partial charge is 0.377 e. The van der Waals surface area contributed by atoms with E-state index in [1.807, 2.05) is 26.0 Å². The predicted molar refractivity (Wildman–Crippen MR) is 101 cm³/mol. The highest BCUT2D eigenvalue weighted by molar-refractivity contribution is 5.89. The molecule has 0 spiro atoms. The molecular weight excluding hydrogens is 314 g/mol. The zero-order chi connectivity index (χ0) is 18.0. The number of carbonyl (C=O) groups is 1. The summed E-state index contributed by atoms with van der Waals surface area (Å²) in [4.78, 5) is 11.7. The number of anilines is 1. The van der Waals surface area contributed by atoms with Gasteiger partial charge in [-0.2, -0.15) is 0 Å². The van der Waals surface area contributed by atoms with E-state index in [1.54, 1.807) is 0 Å². The van der Waals surface area contributed by atoms with Crippen LogP contribution in [0.3, 0.4) is 0 Å². The second-order valence-electron chi connectivity index (χ2n) is 8.23. The summed E-state index contributed by atoms with van der Waals surface area (Å²) in [5.41, 5.74) is 2.24. The summed E-state index contributed by atoms with van der Waals surface area (Å²) in [5.74, 6) is 0.643. The number of nitrogens with one attached hydrogen (secondary N) is 3. The Morgan fingerprint density at radius 2 is 2.00 bits per heavy atom. The number of rotatable bonds is 5. The highest BCUT2D eigenvalue weighted by Gasteiger charge is 2.57. The third-order valence-electron chi connectivity index (χ3n) is 5.49. The first kappa shape index (κ1) is 18.2. The Labute approximate surface area is 150 Å². The van der Waals surface area contributed by atoms with Crippen LogP contribution in [0.5, 0.6) is 0 Å². The van der Waals surface area contributed by atoms with E-state index in [4.69, 9.17) is 4.74 Å². The van der Waals surface area contributed by atoms with Gasteiger partial charge in [-0.05, 0) is 44.4 Å². The third-order valence-corrected chi connectivity index (χ3v) is 5.49. The Morgan fingerprint density at radius 3 is 2.68 bits per heavy atom. The monoisotopic (exact) mass is 345 g/mol. The van der Waals surface area contributed by atoms with Crippen LogP contribution in [0.4, 0.5) is 10.5 Å². The fraction of sp³-hybridized carbons (Fsp3) is 0.650. The van der Waals surface area contributed by atoms with Gasteiger partial charge < -0.3 is 20.7 Å². The maximum atomic E-state index is 11.7. The molecule has 0 aromatic heterocycles. The molecule has 1 heterocycles. The minimum Gasteiger partial charge on any atom is -0.377 e. The molecule has 3 N–H and O–H groups in total. The van der Waals surface area contributed by atoms with Crippen molar-refractivity contribution >= 4 is 11.7 Å². The molecule has 1 aliphatic heterocycles. The summed E-state index contributed by atoms with van der Waals surface area (Å²) in [6.45, 7) is 10.2. The third kappa shape index (κ3) is 3.98. The van der Waals surface area contributed by atoms with Gasteiger partial charge in [0.1, 0.15) is 0 Å². The molecule has 25 heavy (non-hydrogen) atoms. The van der Waals surface area contributed by atoms with E-state index in [2.05, 4.69) is 41.9 Å². The molecule has 5 nitrogen and oxygen atoms in total. The number of benzene rings is 1. The summed E-state index contributed by atoms with van der Waals surface area (Å²) in [7, 11) is 0. The highest BCUT2D eigenvalue weighted by Crippen LogP contribution is 2.51. The summed E-state index contributed by atoms with van der Waals surface area (Å²) >= 11 is 0. The van der Waals surface area contributed by atoms with E-state index in [9.17, 15) is 4.79 Å². The lowest BCUT2D eigenvalue weighted by atomic mass is 9.55. The summed E-state index contributed by atoms with van der Waals surface area (Å²) < 4.78 is 5.97. The minimum absolute atomic E-state index is 0.127. The van der Waals surface area contributed by atoms with Gasteiger partial charge in [-0.3, -0.25) is 0 Å². The zero-order valence-corrected chi connectivity index (χ0v) is 15.8. The Kier molecular flexibility index (Phi) is 5.35. The molecule has 2 amide bonds. The number of hydrogen-bond donors (Lipinski definition) is 3. The van der Waals surface area contributed by atoms with Gasteiger partial charge >= 0.3 is 6.03 Å². The van der Waals surface area contributed by atoms with Crippen LogP contribution >= 0.6 is 0 Å². The molecule has 1 saturated heterocycles. The standard InChI is InChI=1S/C20H31N3O2/c1-13(2)22-19(24)23-15-9-7-14(8-10-15)12-21-17-16-6-5-11-25-18(16)20(17,3)4/h7-10,13,16-18,21H,5-6,11-12H2,1-4H3,(H2,22,23,24)/t16-,17+,18+/m0/s1. The van der Waals surface area contributed by atoms with Crippen LogP contribution in [0.2, 0.25) is 0 Å². The summed E-state index contributed by atoms with van der Waals surface area (Å²) in [6.07, 6.45) is 2.85. The molecule has 1 aromatic rings. The molecule has 138 valence electrons. The average Bonchev–Trinajstić information content (AvgIpc) is 2.55. The zero-order valence-electron chi connectivity index (χ0n) is 15.8. The van der Waals surface area contributed by atoms with Gasteiger partial charge in [0.05, 0.1) is 6.10 Å². The van der Waals surface area contributed by atoms with Crippen molar-refractivity contribution in [2.24, 2.45) is 11.3 Å². The molecule has 1 aliphatic carbocycles. The molecule has 1 aromatic carbocycles. The van der Waals surface area contributed by atoms with Crippen LogP contribution < -0.4 is 16.0 Å². The number of ether oxygens (including phenoxy) is 1. The number of hydrogen-bond acceptors (Lipinski definition) is 3. The van der Waals surface area contributed by atoms with Gasteiger partial charge in [-0.1, -0.05) is 26.0 Å². The van der Waals surface area contributed by atoms with Gasteiger partial charge in [0.2, 0.25) is 0 Å². The number of amides is 2. The number of urea groups is 1. The van der Waals surface area contributed by atoms with Crippen LogP contribution in [0.25, 0.3) is 0 Å². The van der Waals surface area contributed by atoms with E-state index >= 15 is 0 Å². The van der Waals surface area contributed by atoms with Crippen molar-refractivity contribution < 1.29 is 9.53 Å². The smallest absolute Gasteiger partial charge is 0.319 e. The molecular formula is C20H31N3O2. The second-order valence-corrected chi connectivity index (χ2v) is 8.23. The minimum atomic E-state index is -0.166. The Morgan fingerprint density at radius 1 is 1.28 bits per heavy atom. The molecule has 2 fully saturated rings. The SMILES string of the molecule is CC(C)NC(=O)Nc1ccc(CN[C@@H]2[C@@H]3CCCO[C@H]3C2(C)C)cc1. The van der Waals surface area contributed by atoms with Crippen LogP contribution in [0.15, 0.2) is 24.3 Å². The Balaban J connectivity index is 1.51. The van der Waals surface area contributed by atoms with Crippen LogP contribution in [-0.2, 0) is 11.3 Å². The van der Waals surface area contributed by atoms with Crippen molar-refractivity contribution in [3.05, 3.63) is 29.8 Å². The van der Waals surface area contributed by atoms with Gasteiger partial charge in [0.15, 0.2) is 0 Å². The average molecular weight is 345 g/mol. The summed E-state index contributed by atoms with van der Waals surface area (Å²) in [5, 5.41) is 9.40. The Bertz CT molecular complexity index is 597. The lowest BCUT2D eigenvalue weighted by Gasteiger charge is -2.60. The lowest BCUT2D eigenvalue weighted by molar-refractivity contribution is -0.192. The van der Waals surface area contributed by atoms with E-state index in [-0.39, 0.29) is 17.5 Å².